The van der Waals surface area contributed by atoms with E-state index in [2.05, 4.69) is 96.9 Å². The predicted octanol–water partition coefficient (Wildman–Crippen LogP) is 8.21. The summed E-state index contributed by atoms with van der Waals surface area (Å²) in [5.41, 5.74) is 1.89. The van der Waals surface area contributed by atoms with E-state index in [9.17, 15) is 0 Å². The van der Waals surface area contributed by atoms with Crippen LogP contribution in [0.3, 0.4) is 0 Å². The Bertz CT molecular complexity index is 250. The lowest BCUT2D eigenvalue weighted by molar-refractivity contribution is 0.0992. The van der Waals surface area contributed by atoms with Crippen LogP contribution in [0.5, 0.6) is 0 Å². The van der Waals surface area contributed by atoms with Gasteiger partial charge in [0.2, 0.25) is 0 Å². The first-order chi connectivity index (χ1) is 9.27. The minimum Gasteiger partial charge on any atom is -0.0617 e. The van der Waals surface area contributed by atoms with Crippen LogP contribution in [-0.4, -0.2) is 0 Å². The molecule has 0 heteroatoms. The molecule has 0 nitrogen and oxygen atoms in total. The number of hydrogen-bond acceptors (Lipinski definition) is 0. The fraction of sp³-hybridized carbons (Fsp3) is 1.00. The zero-order chi connectivity index (χ0) is 18.6. The van der Waals surface area contributed by atoms with Crippen LogP contribution in [0, 0.1) is 33.5 Å². The largest absolute Gasteiger partial charge is 0.0617 e. The van der Waals surface area contributed by atoms with E-state index in [-0.39, 0.29) is 0 Å². The van der Waals surface area contributed by atoms with Gasteiger partial charge in [-0.3, -0.25) is 0 Å². The average molecular weight is 313 g/mol. The summed E-state index contributed by atoms with van der Waals surface area (Å²) in [7, 11) is 0. The normalized spacial score (nSPS) is 16.6. The predicted molar refractivity (Wildman–Crippen MR) is 105 cm³/mol. The summed E-state index contributed by atoms with van der Waals surface area (Å²) in [6.07, 6.45) is 2.66. The molecule has 0 saturated carbocycles. The van der Waals surface area contributed by atoms with E-state index in [1.165, 1.54) is 12.8 Å². The van der Waals surface area contributed by atoms with E-state index >= 15 is 0 Å². The van der Waals surface area contributed by atoms with Crippen molar-refractivity contribution in [3.63, 3.8) is 0 Å². The van der Waals surface area contributed by atoms with Crippen molar-refractivity contribution in [1.82, 2.24) is 0 Å². The molecule has 2 atom stereocenters. The molecule has 0 aliphatic carbocycles. The van der Waals surface area contributed by atoms with E-state index in [0.717, 1.165) is 11.8 Å². The van der Waals surface area contributed by atoms with E-state index in [1.807, 2.05) is 0 Å². The van der Waals surface area contributed by atoms with Gasteiger partial charge in [0.05, 0.1) is 0 Å². The second-order valence-corrected chi connectivity index (χ2v) is 11.9. The van der Waals surface area contributed by atoms with Gasteiger partial charge in [-0.05, 0) is 46.3 Å². The van der Waals surface area contributed by atoms with Crippen LogP contribution in [0.1, 0.15) is 110 Å². The van der Waals surface area contributed by atoms with Crippen molar-refractivity contribution in [1.29, 1.82) is 0 Å². The van der Waals surface area contributed by atoms with Gasteiger partial charge in [-0.15, -0.1) is 0 Å². The van der Waals surface area contributed by atoms with Crippen molar-refractivity contribution < 1.29 is 0 Å². The Morgan fingerprint density at radius 2 is 0.636 bits per heavy atom. The third-order valence-corrected chi connectivity index (χ3v) is 5.11. The third kappa shape index (κ3) is 13.6. The Labute approximate surface area is 143 Å². The molecule has 0 N–H and O–H groups in total. The first-order valence-electron chi connectivity index (χ1n) is 9.27. The molecule has 2 unspecified atom stereocenters. The van der Waals surface area contributed by atoms with Crippen molar-refractivity contribution in [3.8, 4) is 0 Å². The highest BCUT2D eigenvalue weighted by Gasteiger charge is 2.32. The summed E-state index contributed by atoms with van der Waals surface area (Å²) in [5.74, 6) is 1.55. The van der Waals surface area contributed by atoms with Crippen LogP contribution in [0.2, 0.25) is 0 Å². The lowest BCUT2D eigenvalue weighted by Crippen LogP contribution is -2.32. The maximum absolute atomic E-state index is 2.37. The van der Waals surface area contributed by atoms with Crippen molar-refractivity contribution in [2.75, 3.05) is 0 Å². The van der Waals surface area contributed by atoms with Gasteiger partial charge in [-0.1, -0.05) is 96.9 Å². The average Bonchev–Trinajstić information content (AvgIpc) is 2.21. The quantitative estimate of drug-likeness (QED) is 0.482. The molecule has 0 aromatic rings. The molecule has 0 saturated heterocycles. The Morgan fingerprint density at radius 1 is 0.455 bits per heavy atom. The van der Waals surface area contributed by atoms with Gasteiger partial charge >= 0.3 is 0 Å². The van der Waals surface area contributed by atoms with Gasteiger partial charge in [-0.25, -0.2) is 0 Å². The number of rotatable bonds is 2. The van der Waals surface area contributed by atoms with Gasteiger partial charge in [0, 0.05) is 0 Å². The highest BCUT2D eigenvalue weighted by molar-refractivity contribution is 4.81. The molecule has 136 valence electrons. The molecule has 0 aliphatic rings. The van der Waals surface area contributed by atoms with Crippen LogP contribution < -0.4 is 0 Å². The van der Waals surface area contributed by atoms with Crippen LogP contribution >= 0.6 is 0 Å². The molecule has 0 spiro atoms. The number of hydrogen-bond donors (Lipinski definition) is 0. The van der Waals surface area contributed by atoms with Gasteiger partial charge < -0.3 is 0 Å². The second kappa shape index (κ2) is 8.20. The monoisotopic (exact) mass is 312 g/mol. The molecule has 0 aromatic carbocycles. The smallest absolute Gasteiger partial charge is 0.0354 e. The Balaban J connectivity index is 0. The van der Waals surface area contributed by atoms with Gasteiger partial charge in [0.25, 0.3) is 0 Å². The summed E-state index contributed by atoms with van der Waals surface area (Å²) in [4.78, 5) is 0. The SMILES string of the molecule is CC(C(C)C(C)(C)C)C(C)(C)C.CC(C)(C)CCC(C)(C)C. The minimum absolute atomic E-state index is 0.437. The standard InChI is InChI=1S/C12H26.C10H22/c1-9(11(3,4)5)10(2)12(6,7)8;1-9(2,3)7-8-10(4,5)6/h9-10H,1-8H3;7-8H2,1-6H3. The lowest BCUT2D eigenvalue weighted by atomic mass is 9.66. The molecular formula is C22H48. The molecule has 0 bridgehead atoms. The fourth-order valence-corrected chi connectivity index (χ4v) is 2.25. The van der Waals surface area contributed by atoms with Crippen molar-refractivity contribution in [3.05, 3.63) is 0 Å². The Kier molecular flexibility index (Phi) is 9.04. The molecule has 22 heavy (non-hydrogen) atoms. The van der Waals surface area contributed by atoms with Crippen molar-refractivity contribution in [2.24, 2.45) is 33.5 Å². The first kappa shape index (κ1) is 24.3. The summed E-state index contributed by atoms with van der Waals surface area (Å²) < 4.78 is 0. The van der Waals surface area contributed by atoms with Crippen LogP contribution in [0.15, 0.2) is 0 Å². The Hall–Kier alpha value is 0. The highest BCUT2D eigenvalue weighted by atomic mass is 14.4. The van der Waals surface area contributed by atoms with Crippen LogP contribution in [-0.2, 0) is 0 Å². The summed E-state index contributed by atoms with van der Waals surface area (Å²) in [5, 5.41) is 0. The zero-order valence-corrected chi connectivity index (χ0v) is 18.6. The molecule has 0 heterocycles. The molecular weight excluding hydrogens is 264 g/mol. The van der Waals surface area contributed by atoms with Crippen LogP contribution in [0.4, 0.5) is 0 Å². The molecule has 0 fully saturated rings. The highest BCUT2D eigenvalue weighted by Crippen LogP contribution is 2.40. The molecule has 0 rings (SSSR count). The van der Waals surface area contributed by atoms with Crippen molar-refractivity contribution in [2.45, 2.75) is 110 Å². The molecule has 0 amide bonds. The topological polar surface area (TPSA) is 0 Å². The van der Waals surface area contributed by atoms with E-state index < -0.39 is 0 Å². The molecule has 0 aromatic heterocycles. The lowest BCUT2D eigenvalue weighted by Gasteiger charge is -2.39. The van der Waals surface area contributed by atoms with Gasteiger partial charge in [0.1, 0.15) is 0 Å². The second-order valence-electron chi connectivity index (χ2n) is 11.9. The first-order valence-corrected chi connectivity index (χ1v) is 9.27. The van der Waals surface area contributed by atoms with Gasteiger partial charge in [0.15, 0.2) is 0 Å². The molecule has 0 radical (unpaired) electrons. The van der Waals surface area contributed by atoms with Gasteiger partial charge in [-0.2, -0.15) is 0 Å². The van der Waals surface area contributed by atoms with E-state index in [0.29, 0.717) is 21.7 Å². The molecule has 0 aliphatic heterocycles. The Morgan fingerprint density at radius 3 is 0.727 bits per heavy atom. The summed E-state index contributed by atoms with van der Waals surface area (Å²) in [6.45, 7) is 32.6. The fourth-order valence-electron chi connectivity index (χ4n) is 2.25. The van der Waals surface area contributed by atoms with E-state index in [4.69, 9.17) is 0 Å². The third-order valence-electron chi connectivity index (χ3n) is 5.11. The summed E-state index contributed by atoms with van der Waals surface area (Å²) in [6, 6.07) is 0. The maximum Gasteiger partial charge on any atom is -0.0354 e. The minimum atomic E-state index is 0.437. The van der Waals surface area contributed by atoms with Crippen LogP contribution in [0.25, 0.3) is 0 Å². The summed E-state index contributed by atoms with van der Waals surface area (Å²) >= 11 is 0. The maximum atomic E-state index is 2.37. The van der Waals surface area contributed by atoms with Crippen molar-refractivity contribution >= 4 is 0 Å². The zero-order valence-electron chi connectivity index (χ0n) is 18.6. The van der Waals surface area contributed by atoms with E-state index in [1.54, 1.807) is 0 Å².